The second-order valence-electron chi connectivity index (χ2n) is 3.42. The quantitative estimate of drug-likeness (QED) is 0.637. The van der Waals surface area contributed by atoms with Gasteiger partial charge in [-0.2, -0.15) is 0 Å². The van der Waals surface area contributed by atoms with Crippen molar-refractivity contribution in [2.45, 2.75) is 52.1 Å². The van der Waals surface area contributed by atoms with E-state index in [0.29, 0.717) is 12.1 Å². The summed E-state index contributed by atoms with van der Waals surface area (Å²) in [5.74, 6) is 0. The molecule has 0 aliphatic carbocycles. The van der Waals surface area contributed by atoms with Crippen LogP contribution >= 0.6 is 0 Å². The smallest absolute Gasteiger partial charge is 0.0613 e. The summed E-state index contributed by atoms with van der Waals surface area (Å²) in [6.07, 6.45) is 3.73. The highest BCUT2D eigenvalue weighted by Crippen LogP contribution is 2.02. The molecule has 0 radical (unpaired) electrons. The molecule has 0 rings (SSSR count). The summed E-state index contributed by atoms with van der Waals surface area (Å²) in [5, 5.41) is 3.54. The maximum absolute atomic E-state index is 5.06. The number of hydrogen-bond acceptors (Lipinski definition) is 2. The van der Waals surface area contributed by atoms with Crippen LogP contribution in [0.25, 0.3) is 0 Å². The molecule has 0 fully saturated rings. The lowest BCUT2D eigenvalue weighted by Gasteiger charge is -2.21. The maximum atomic E-state index is 5.06. The van der Waals surface area contributed by atoms with Gasteiger partial charge in [0.15, 0.2) is 0 Å². The zero-order chi connectivity index (χ0) is 9.40. The van der Waals surface area contributed by atoms with E-state index in [1.807, 2.05) is 0 Å². The van der Waals surface area contributed by atoms with Gasteiger partial charge in [-0.25, -0.2) is 0 Å². The van der Waals surface area contributed by atoms with Gasteiger partial charge in [0.25, 0.3) is 0 Å². The minimum Gasteiger partial charge on any atom is -0.383 e. The largest absolute Gasteiger partial charge is 0.383 e. The Bertz CT molecular complexity index is 95.8. The van der Waals surface area contributed by atoms with Crippen LogP contribution in [0.15, 0.2) is 0 Å². The van der Waals surface area contributed by atoms with Crippen molar-refractivity contribution in [2.24, 2.45) is 0 Å². The molecule has 0 aromatic rings. The first-order valence-corrected chi connectivity index (χ1v) is 4.99. The highest BCUT2D eigenvalue weighted by molar-refractivity contribution is 4.69. The van der Waals surface area contributed by atoms with Crippen LogP contribution in [0, 0.1) is 0 Å². The molecule has 0 aromatic heterocycles. The third-order valence-corrected chi connectivity index (χ3v) is 2.07. The molecule has 0 bridgehead atoms. The lowest BCUT2D eigenvalue weighted by atomic mass is 10.1. The van der Waals surface area contributed by atoms with E-state index in [1.165, 1.54) is 19.3 Å². The van der Waals surface area contributed by atoms with Gasteiger partial charge in [-0.15, -0.1) is 0 Å². The molecule has 0 spiro atoms. The molecule has 12 heavy (non-hydrogen) atoms. The van der Waals surface area contributed by atoms with Gasteiger partial charge < -0.3 is 10.1 Å². The summed E-state index contributed by atoms with van der Waals surface area (Å²) in [5.41, 5.74) is 0. The molecule has 0 amide bonds. The lowest BCUT2D eigenvalue weighted by Crippen LogP contribution is -2.38. The van der Waals surface area contributed by atoms with E-state index in [9.17, 15) is 0 Å². The van der Waals surface area contributed by atoms with Crippen molar-refractivity contribution in [2.75, 3.05) is 13.7 Å². The molecule has 0 saturated carbocycles. The molecule has 2 unspecified atom stereocenters. The fourth-order valence-electron chi connectivity index (χ4n) is 1.45. The van der Waals surface area contributed by atoms with Gasteiger partial charge in [-0.1, -0.05) is 20.3 Å². The SMILES string of the molecule is CCCC(CC)NC(C)COC. The van der Waals surface area contributed by atoms with Crippen molar-refractivity contribution in [3.8, 4) is 0 Å². The number of methoxy groups -OCH3 is 1. The van der Waals surface area contributed by atoms with E-state index in [-0.39, 0.29) is 0 Å². The molecule has 2 heteroatoms. The second-order valence-corrected chi connectivity index (χ2v) is 3.42. The van der Waals surface area contributed by atoms with Crippen LogP contribution in [0.4, 0.5) is 0 Å². The van der Waals surface area contributed by atoms with Crippen LogP contribution in [0.5, 0.6) is 0 Å². The molecular weight excluding hydrogens is 150 g/mol. The van der Waals surface area contributed by atoms with Gasteiger partial charge in [0.2, 0.25) is 0 Å². The summed E-state index contributed by atoms with van der Waals surface area (Å²) in [4.78, 5) is 0. The average Bonchev–Trinajstić information content (AvgIpc) is 2.04. The molecule has 0 heterocycles. The standard InChI is InChI=1S/C10H23NO/c1-5-7-10(6-2)11-9(3)8-12-4/h9-11H,5-8H2,1-4H3. The monoisotopic (exact) mass is 173 g/mol. The Morgan fingerprint density at radius 1 is 1.33 bits per heavy atom. The number of rotatable bonds is 7. The Hall–Kier alpha value is -0.0800. The summed E-state index contributed by atoms with van der Waals surface area (Å²) in [7, 11) is 1.75. The van der Waals surface area contributed by atoms with Crippen LogP contribution in [0.3, 0.4) is 0 Å². The van der Waals surface area contributed by atoms with E-state index < -0.39 is 0 Å². The van der Waals surface area contributed by atoms with E-state index in [1.54, 1.807) is 7.11 Å². The highest BCUT2D eigenvalue weighted by Gasteiger charge is 2.08. The minimum absolute atomic E-state index is 0.478. The molecule has 1 N–H and O–H groups in total. The van der Waals surface area contributed by atoms with Crippen LogP contribution in [0.1, 0.15) is 40.0 Å². The minimum atomic E-state index is 0.478. The third kappa shape index (κ3) is 5.56. The Kier molecular flexibility index (Phi) is 7.51. The first-order valence-electron chi connectivity index (χ1n) is 4.99. The molecule has 2 nitrogen and oxygen atoms in total. The van der Waals surface area contributed by atoms with Crippen molar-refractivity contribution in [1.29, 1.82) is 0 Å². The van der Waals surface area contributed by atoms with E-state index in [4.69, 9.17) is 4.74 Å². The second kappa shape index (κ2) is 7.56. The van der Waals surface area contributed by atoms with Gasteiger partial charge in [-0.3, -0.25) is 0 Å². The molecular formula is C10H23NO. The van der Waals surface area contributed by atoms with E-state index >= 15 is 0 Å². The lowest BCUT2D eigenvalue weighted by molar-refractivity contribution is 0.165. The fraction of sp³-hybridized carbons (Fsp3) is 1.00. The molecule has 0 saturated heterocycles. The first kappa shape index (κ1) is 11.9. The summed E-state index contributed by atoms with van der Waals surface area (Å²) in [6, 6.07) is 1.15. The summed E-state index contributed by atoms with van der Waals surface area (Å²) < 4.78 is 5.06. The number of ether oxygens (including phenoxy) is 1. The summed E-state index contributed by atoms with van der Waals surface area (Å²) in [6.45, 7) is 7.43. The molecule has 0 aliphatic rings. The van der Waals surface area contributed by atoms with Gasteiger partial charge in [0.05, 0.1) is 6.61 Å². The van der Waals surface area contributed by atoms with Gasteiger partial charge >= 0.3 is 0 Å². The zero-order valence-electron chi connectivity index (χ0n) is 8.89. The van der Waals surface area contributed by atoms with Gasteiger partial charge in [-0.05, 0) is 19.8 Å². The molecule has 0 aromatic carbocycles. The normalized spacial score (nSPS) is 16.0. The van der Waals surface area contributed by atoms with Crippen LogP contribution < -0.4 is 5.32 Å². The van der Waals surface area contributed by atoms with Crippen LogP contribution in [0.2, 0.25) is 0 Å². The van der Waals surface area contributed by atoms with Crippen molar-refractivity contribution in [3.05, 3.63) is 0 Å². The zero-order valence-corrected chi connectivity index (χ0v) is 8.89. The van der Waals surface area contributed by atoms with Gasteiger partial charge in [0.1, 0.15) is 0 Å². The summed E-state index contributed by atoms with van der Waals surface area (Å²) >= 11 is 0. The van der Waals surface area contributed by atoms with E-state index in [0.717, 1.165) is 6.61 Å². The van der Waals surface area contributed by atoms with Gasteiger partial charge in [0, 0.05) is 19.2 Å². The van der Waals surface area contributed by atoms with Crippen LogP contribution in [-0.4, -0.2) is 25.8 Å². The predicted molar refractivity (Wildman–Crippen MR) is 53.5 cm³/mol. The molecule has 0 aliphatic heterocycles. The average molecular weight is 173 g/mol. The highest BCUT2D eigenvalue weighted by atomic mass is 16.5. The van der Waals surface area contributed by atoms with Crippen molar-refractivity contribution < 1.29 is 4.74 Å². The Balaban J connectivity index is 3.53. The number of hydrogen-bond donors (Lipinski definition) is 1. The van der Waals surface area contributed by atoms with Crippen molar-refractivity contribution >= 4 is 0 Å². The first-order chi connectivity index (χ1) is 5.74. The topological polar surface area (TPSA) is 21.3 Å². The van der Waals surface area contributed by atoms with Crippen molar-refractivity contribution in [3.63, 3.8) is 0 Å². The van der Waals surface area contributed by atoms with Crippen LogP contribution in [-0.2, 0) is 4.74 Å². The Morgan fingerprint density at radius 2 is 2.00 bits per heavy atom. The molecule has 2 atom stereocenters. The maximum Gasteiger partial charge on any atom is 0.0613 e. The third-order valence-electron chi connectivity index (χ3n) is 2.07. The Morgan fingerprint density at radius 3 is 2.42 bits per heavy atom. The predicted octanol–water partition coefficient (Wildman–Crippen LogP) is 2.19. The molecule has 74 valence electrons. The van der Waals surface area contributed by atoms with E-state index in [2.05, 4.69) is 26.1 Å². The number of nitrogens with one attached hydrogen (secondary N) is 1. The Labute approximate surface area is 76.7 Å². The fourth-order valence-corrected chi connectivity index (χ4v) is 1.45. The van der Waals surface area contributed by atoms with Crippen molar-refractivity contribution in [1.82, 2.24) is 5.32 Å².